The largest absolute Gasteiger partial charge is 0.384 e. The Morgan fingerprint density at radius 2 is 1.90 bits per heavy atom. The van der Waals surface area contributed by atoms with E-state index >= 15 is 0 Å². The molecule has 0 bridgehead atoms. The molecule has 0 atom stereocenters. The Balaban J connectivity index is 1.99. The van der Waals surface area contributed by atoms with Gasteiger partial charge in [0.25, 0.3) is 0 Å². The van der Waals surface area contributed by atoms with Crippen molar-refractivity contribution in [3.8, 4) is 11.8 Å². The summed E-state index contributed by atoms with van der Waals surface area (Å²) in [6.45, 7) is 9.11. The summed E-state index contributed by atoms with van der Waals surface area (Å²) in [6, 6.07) is 5.46. The fraction of sp³-hybridized carbons (Fsp3) is 0.529. The molecule has 0 amide bonds. The Morgan fingerprint density at radius 1 is 1.19 bits per heavy atom. The maximum Gasteiger partial charge on any atom is 0.124 e. The highest BCUT2D eigenvalue weighted by molar-refractivity contribution is 5.37. The van der Waals surface area contributed by atoms with Gasteiger partial charge >= 0.3 is 0 Å². The molecular weight excluding hydrogens is 267 g/mol. The van der Waals surface area contributed by atoms with Crippen molar-refractivity contribution in [2.75, 3.05) is 32.8 Å². The van der Waals surface area contributed by atoms with Gasteiger partial charge in [0.2, 0.25) is 0 Å². The predicted octanol–water partition coefficient (Wildman–Crippen LogP) is 1.70. The van der Waals surface area contributed by atoms with Crippen molar-refractivity contribution in [3.05, 3.63) is 35.1 Å². The average molecular weight is 290 g/mol. The average Bonchev–Trinajstić information content (AvgIpc) is 2.45. The van der Waals surface area contributed by atoms with Crippen LogP contribution in [-0.2, 0) is 6.54 Å². The molecule has 0 aromatic heterocycles. The number of nitrogens with zero attached hydrogens (tertiary/aromatic N) is 2. The van der Waals surface area contributed by atoms with Gasteiger partial charge in [0.15, 0.2) is 0 Å². The summed E-state index contributed by atoms with van der Waals surface area (Å²) >= 11 is 0. The topological polar surface area (TPSA) is 26.7 Å². The molecule has 4 heteroatoms. The van der Waals surface area contributed by atoms with Crippen LogP contribution in [0.5, 0.6) is 0 Å². The van der Waals surface area contributed by atoms with Gasteiger partial charge in [-0.05, 0) is 37.6 Å². The maximum absolute atomic E-state index is 13.6. The second-order valence-electron chi connectivity index (χ2n) is 5.71. The first kappa shape index (κ1) is 16.0. The molecule has 0 aliphatic carbocycles. The standard InChI is InChI=1S/C17H23FN2O/c1-14(2)20-7-5-19(6-8-20)13-16-10-15(4-3-9-21)11-17(18)12-16/h10-12,14,21H,5-9,13H2,1-2H3. The first-order chi connectivity index (χ1) is 10.1. The van der Waals surface area contributed by atoms with Gasteiger partial charge in [-0.1, -0.05) is 11.8 Å². The van der Waals surface area contributed by atoms with Crippen LogP contribution in [0.2, 0.25) is 0 Å². The third-order valence-corrected chi connectivity index (χ3v) is 3.81. The highest BCUT2D eigenvalue weighted by atomic mass is 19.1. The van der Waals surface area contributed by atoms with E-state index in [4.69, 9.17) is 5.11 Å². The van der Waals surface area contributed by atoms with Gasteiger partial charge < -0.3 is 5.11 Å². The summed E-state index contributed by atoms with van der Waals surface area (Å²) in [5.41, 5.74) is 1.56. The first-order valence-corrected chi connectivity index (χ1v) is 7.44. The van der Waals surface area contributed by atoms with Crippen LogP contribution in [-0.4, -0.2) is 53.7 Å². The van der Waals surface area contributed by atoms with Crippen LogP contribution >= 0.6 is 0 Å². The van der Waals surface area contributed by atoms with E-state index in [1.807, 2.05) is 6.07 Å². The molecule has 1 saturated heterocycles. The lowest BCUT2D eigenvalue weighted by Gasteiger charge is -2.36. The van der Waals surface area contributed by atoms with Crippen LogP contribution in [0.15, 0.2) is 18.2 Å². The van der Waals surface area contributed by atoms with Gasteiger partial charge in [-0.25, -0.2) is 4.39 Å². The molecule has 1 N–H and O–H groups in total. The molecule has 114 valence electrons. The number of rotatable bonds is 3. The summed E-state index contributed by atoms with van der Waals surface area (Å²) in [5, 5.41) is 8.72. The third kappa shape index (κ3) is 4.82. The molecule has 0 saturated carbocycles. The minimum absolute atomic E-state index is 0.205. The van der Waals surface area contributed by atoms with E-state index in [0.29, 0.717) is 11.6 Å². The van der Waals surface area contributed by atoms with E-state index < -0.39 is 0 Å². The number of aliphatic hydroxyl groups is 1. The Hall–Kier alpha value is -1.41. The quantitative estimate of drug-likeness (QED) is 0.858. The second-order valence-corrected chi connectivity index (χ2v) is 5.71. The van der Waals surface area contributed by atoms with Crippen molar-refractivity contribution in [3.63, 3.8) is 0 Å². The summed E-state index contributed by atoms with van der Waals surface area (Å²) in [7, 11) is 0. The van der Waals surface area contributed by atoms with Crippen molar-refractivity contribution in [2.24, 2.45) is 0 Å². The van der Waals surface area contributed by atoms with Crippen LogP contribution in [0, 0.1) is 17.7 Å². The predicted molar refractivity (Wildman–Crippen MR) is 82.3 cm³/mol. The number of aliphatic hydroxyl groups excluding tert-OH is 1. The monoisotopic (exact) mass is 290 g/mol. The van der Waals surface area contributed by atoms with E-state index in [0.717, 1.165) is 38.3 Å². The van der Waals surface area contributed by atoms with Crippen molar-refractivity contribution in [1.82, 2.24) is 9.80 Å². The van der Waals surface area contributed by atoms with Crippen molar-refractivity contribution >= 4 is 0 Å². The number of piperazine rings is 1. The van der Waals surface area contributed by atoms with E-state index in [9.17, 15) is 4.39 Å². The lowest BCUT2D eigenvalue weighted by atomic mass is 10.1. The Morgan fingerprint density at radius 3 is 2.52 bits per heavy atom. The zero-order valence-corrected chi connectivity index (χ0v) is 12.8. The molecule has 0 spiro atoms. The van der Waals surface area contributed by atoms with Gasteiger partial charge in [0.1, 0.15) is 12.4 Å². The Bertz CT molecular complexity index is 525. The zero-order chi connectivity index (χ0) is 15.2. The number of hydrogen-bond donors (Lipinski definition) is 1. The Labute approximate surface area is 126 Å². The molecule has 1 aromatic rings. The summed E-state index contributed by atoms with van der Waals surface area (Å²) in [5.74, 6) is 5.06. The van der Waals surface area contributed by atoms with Gasteiger partial charge in [-0.15, -0.1) is 0 Å². The van der Waals surface area contributed by atoms with Crippen LogP contribution in [0.1, 0.15) is 25.0 Å². The molecule has 2 rings (SSSR count). The molecule has 0 unspecified atom stereocenters. The molecule has 0 radical (unpaired) electrons. The molecule has 1 aromatic carbocycles. The first-order valence-electron chi connectivity index (χ1n) is 7.44. The maximum atomic E-state index is 13.6. The fourth-order valence-corrected chi connectivity index (χ4v) is 2.65. The molecule has 3 nitrogen and oxygen atoms in total. The highest BCUT2D eigenvalue weighted by Crippen LogP contribution is 2.13. The summed E-state index contributed by atoms with van der Waals surface area (Å²) in [6.07, 6.45) is 0. The van der Waals surface area contributed by atoms with Crippen LogP contribution in [0.4, 0.5) is 4.39 Å². The molecule has 1 aliphatic rings. The number of benzene rings is 1. The molecule has 21 heavy (non-hydrogen) atoms. The summed E-state index contributed by atoms with van der Waals surface area (Å²) < 4.78 is 13.6. The third-order valence-electron chi connectivity index (χ3n) is 3.81. The molecule has 1 aliphatic heterocycles. The van der Waals surface area contributed by atoms with Crippen LogP contribution < -0.4 is 0 Å². The van der Waals surface area contributed by atoms with E-state index in [2.05, 4.69) is 35.5 Å². The fourth-order valence-electron chi connectivity index (χ4n) is 2.65. The van der Waals surface area contributed by atoms with E-state index in [1.165, 1.54) is 6.07 Å². The number of hydrogen-bond acceptors (Lipinski definition) is 3. The Kier molecular flexibility index (Phi) is 5.75. The van der Waals surface area contributed by atoms with E-state index in [-0.39, 0.29) is 12.4 Å². The lowest BCUT2D eigenvalue weighted by molar-refractivity contribution is 0.104. The zero-order valence-electron chi connectivity index (χ0n) is 12.8. The van der Waals surface area contributed by atoms with Gasteiger partial charge in [-0.2, -0.15) is 0 Å². The molecule has 1 heterocycles. The summed E-state index contributed by atoms with van der Waals surface area (Å²) in [4.78, 5) is 4.80. The van der Waals surface area contributed by atoms with Gasteiger partial charge in [-0.3, -0.25) is 9.80 Å². The van der Waals surface area contributed by atoms with Gasteiger partial charge in [0.05, 0.1) is 0 Å². The molecular formula is C17H23FN2O. The van der Waals surface area contributed by atoms with Crippen molar-refractivity contribution in [1.29, 1.82) is 0 Å². The van der Waals surface area contributed by atoms with Gasteiger partial charge in [0, 0.05) is 44.3 Å². The van der Waals surface area contributed by atoms with Crippen molar-refractivity contribution in [2.45, 2.75) is 26.4 Å². The second kappa shape index (κ2) is 7.56. The molecule has 1 fully saturated rings. The van der Waals surface area contributed by atoms with Crippen molar-refractivity contribution < 1.29 is 9.50 Å². The smallest absolute Gasteiger partial charge is 0.124 e. The lowest BCUT2D eigenvalue weighted by Crippen LogP contribution is -2.48. The minimum Gasteiger partial charge on any atom is -0.384 e. The highest BCUT2D eigenvalue weighted by Gasteiger charge is 2.18. The van der Waals surface area contributed by atoms with E-state index in [1.54, 1.807) is 6.07 Å². The van der Waals surface area contributed by atoms with Crippen LogP contribution in [0.3, 0.4) is 0 Å². The van der Waals surface area contributed by atoms with Crippen LogP contribution in [0.25, 0.3) is 0 Å². The normalized spacial score (nSPS) is 16.8. The number of halogens is 1. The minimum atomic E-state index is -0.268. The SMILES string of the molecule is CC(C)N1CCN(Cc2cc(F)cc(C#CCO)c2)CC1.